The third-order valence-electron chi connectivity index (χ3n) is 1.95. The Labute approximate surface area is 96.4 Å². The van der Waals surface area contributed by atoms with Gasteiger partial charge < -0.3 is 5.32 Å². The maximum absolute atomic E-state index is 8.80. The van der Waals surface area contributed by atoms with Crippen LogP contribution in [0.15, 0.2) is 29.8 Å². The molecule has 0 radical (unpaired) electrons. The highest BCUT2D eigenvalue weighted by molar-refractivity contribution is 7.10. The van der Waals surface area contributed by atoms with Crippen LogP contribution in [0.2, 0.25) is 0 Å². The van der Waals surface area contributed by atoms with E-state index in [1.165, 1.54) is 11.3 Å². The first-order valence-corrected chi connectivity index (χ1v) is 5.32. The lowest BCUT2D eigenvalue weighted by atomic mass is 10.2. The van der Waals surface area contributed by atoms with Crippen LogP contribution in [0.1, 0.15) is 10.4 Å². The summed E-state index contributed by atoms with van der Waals surface area (Å²) in [6.07, 6.45) is 0. The van der Waals surface area contributed by atoms with Crippen LogP contribution in [0.3, 0.4) is 0 Å². The summed E-state index contributed by atoms with van der Waals surface area (Å²) in [5.41, 5.74) is 3.02. The standard InChI is InChI=1S/C11H6N4S/c12-5-8-1-3-9(4-2-8)15-11-10(6-13)16-7-14-11/h1-4,7,15H. The Morgan fingerprint density at radius 1 is 1.12 bits per heavy atom. The quantitative estimate of drug-likeness (QED) is 0.854. The molecule has 0 saturated heterocycles. The van der Waals surface area contributed by atoms with Crippen molar-refractivity contribution in [2.75, 3.05) is 5.32 Å². The van der Waals surface area contributed by atoms with E-state index in [0.717, 1.165) is 5.69 Å². The van der Waals surface area contributed by atoms with Gasteiger partial charge in [-0.05, 0) is 24.3 Å². The maximum Gasteiger partial charge on any atom is 0.159 e. The van der Waals surface area contributed by atoms with Crippen molar-refractivity contribution in [3.8, 4) is 12.1 Å². The average Bonchev–Trinajstić information content (AvgIpc) is 2.77. The highest BCUT2D eigenvalue weighted by Crippen LogP contribution is 2.21. The molecule has 2 rings (SSSR count). The molecular formula is C11H6N4S. The molecule has 0 bridgehead atoms. The van der Waals surface area contributed by atoms with E-state index >= 15 is 0 Å². The Balaban J connectivity index is 2.22. The molecule has 1 heterocycles. The second-order valence-corrected chi connectivity index (χ2v) is 3.81. The fourth-order valence-electron chi connectivity index (χ4n) is 1.18. The van der Waals surface area contributed by atoms with Crippen molar-refractivity contribution in [3.05, 3.63) is 40.2 Å². The van der Waals surface area contributed by atoms with Crippen molar-refractivity contribution < 1.29 is 0 Å². The molecule has 76 valence electrons. The Morgan fingerprint density at radius 3 is 2.50 bits per heavy atom. The number of thiazole rings is 1. The second kappa shape index (κ2) is 4.43. The lowest BCUT2D eigenvalue weighted by Crippen LogP contribution is -1.92. The molecule has 0 spiro atoms. The molecule has 2 aromatic rings. The summed E-state index contributed by atoms with van der Waals surface area (Å²) < 4.78 is 0. The fourth-order valence-corrected chi connectivity index (χ4v) is 1.71. The molecule has 5 heteroatoms. The van der Waals surface area contributed by atoms with Gasteiger partial charge in [0.2, 0.25) is 0 Å². The van der Waals surface area contributed by atoms with E-state index in [9.17, 15) is 0 Å². The van der Waals surface area contributed by atoms with Crippen molar-refractivity contribution in [2.45, 2.75) is 0 Å². The minimum absolute atomic E-state index is 0.546. The normalized spacial score (nSPS) is 9.12. The van der Waals surface area contributed by atoms with Crippen molar-refractivity contribution >= 4 is 22.8 Å². The molecule has 16 heavy (non-hydrogen) atoms. The monoisotopic (exact) mass is 226 g/mol. The van der Waals surface area contributed by atoms with Crippen LogP contribution < -0.4 is 5.32 Å². The number of aromatic nitrogens is 1. The topological polar surface area (TPSA) is 72.5 Å². The van der Waals surface area contributed by atoms with Crippen molar-refractivity contribution in [2.24, 2.45) is 0 Å². The zero-order valence-electron chi connectivity index (χ0n) is 8.14. The largest absolute Gasteiger partial charge is 0.338 e. The van der Waals surface area contributed by atoms with Crippen LogP contribution in [0.5, 0.6) is 0 Å². The Morgan fingerprint density at radius 2 is 1.88 bits per heavy atom. The fraction of sp³-hybridized carbons (Fsp3) is 0. The smallest absolute Gasteiger partial charge is 0.159 e. The van der Waals surface area contributed by atoms with E-state index in [4.69, 9.17) is 10.5 Å². The Bertz CT molecular complexity index is 571. The number of anilines is 2. The summed E-state index contributed by atoms with van der Waals surface area (Å²) in [6, 6.07) is 11.1. The molecule has 1 aromatic carbocycles. The van der Waals surface area contributed by atoms with Gasteiger partial charge in [-0.1, -0.05) is 0 Å². The second-order valence-electron chi connectivity index (χ2n) is 2.96. The van der Waals surface area contributed by atoms with Gasteiger partial charge in [0.15, 0.2) is 5.82 Å². The molecule has 0 aliphatic rings. The van der Waals surface area contributed by atoms with Crippen LogP contribution in [-0.2, 0) is 0 Å². The molecule has 0 atom stereocenters. The van der Waals surface area contributed by atoms with Gasteiger partial charge in [-0.25, -0.2) is 4.98 Å². The number of rotatable bonds is 2. The van der Waals surface area contributed by atoms with Gasteiger partial charge in [-0.3, -0.25) is 0 Å². The molecule has 0 aliphatic heterocycles. The minimum atomic E-state index is 0.546. The molecule has 0 unspecified atom stereocenters. The lowest BCUT2D eigenvalue weighted by molar-refractivity contribution is 1.36. The number of nitriles is 2. The van der Waals surface area contributed by atoms with E-state index in [1.807, 2.05) is 6.07 Å². The summed E-state index contributed by atoms with van der Waals surface area (Å²) in [6.45, 7) is 0. The summed E-state index contributed by atoms with van der Waals surface area (Å²) in [4.78, 5) is 4.59. The third-order valence-corrected chi connectivity index (χ3v) is 2.68. The maximum atomic E-state index is 8.80. The van der Waals surface area contributed by atoms with E-state index in [2.05, 4.69) is 16.4 Å². The van der Waals surface area contributed by atoms with Gasteiger partial charge in [0.05, 0.1) is 17.1 Å². The van der Waals surface area contributed by atoms with Gasteiger partial charge >= 0.3 is 0 Å². The van der Waals surface area contributed by atoms with E-state index in [-0.39, 0.29) is 0 Å². The Hall–Kier alpha value is -2.37. The summed E-state index contributed by atoms with van der Waals surface area (Å²) in [7, 11) is 0. The summed E-state index contributed by atoms with van der Waals surface area (Å²) in [5, 5.41) is 20.5. The van der Waals surface area contributed by atoms with Crippen molar-refractivity contribution in [1.82, 2.24) is 4.98 Å². The molecule has 0 amide bonds. The molecule has 1 N–H and O–H groups in total. The Kier molecular flexibility index (Phi) is 2.81. The number of hydrogen-bond acceptors (Lipinski definition) is 5. The van der Waals surface area contributed by atoms with Crippen molar-refractivity contribution in [1.29, 1.82) is 10.5 Å². The zero-order valence-corrected chi connectivity index (χ0v) is 8.95. The van der Waals surface area contributed by atoms with Gasteiger partial charge in [0.1, 0.15) is 10.9 Å². The third kappa shape index (κ3) is 2.00. The lowest BCUT2D eigenvalue weighted by Gasteiger charge is -2.02. The van der Waals surface area contributed by atoms with Gasteiger partial charge in [-0.2, -0.15) is 10.5 Å². The zero-order chi connectivity index (χ0) is 11.4. The van der Waals surface area contributed by atoms with Crippen LogP contribution in [0, 0.1) is 22.7 Å². The van der Waals surface area contributed by atoms with Gasteiger partial charge in [0, 0.05) is 5.69 Å². The first-order chi connectivity index (χ1) is 7.83. The molecule has 4 nitrogen and oxygen atoms in total. The van der Waals surface area contributed by atoms with Crippen molar-refractivity contribution in [3.63, 3.8) is 0 Å². The number of nitrogens with one attached hydrogen (secondary N) is 1. The first kappa shape index (κ1) is 10.2. The van der Waals surface area contributed by atoms with E-state index in [0.29, 0.717) is 16.3 Å². The van der Waals surface area contributed by atoms with E-state index < -0.39 is 0 Å². The van der Waals surface area contributed by atoms with Gasteiger partial charge in [-0.15, -0.1) is 11.3 Å². The van der Waals surface area contributed by atoms with Crippen LogP contribution in [0.25, 0.3) is 0 Å². The number of benzene rings is 1. The number of hydrogen-bond donors (Lipinski definition) is 1. The van der Waals surface area contributed by atoms with E-state index in [1.54, 1.807) is 29.8 Å². The van der Waals surface area contributed by atoms with Crippen LogP contribution in [-0.4, -0.2) is 4.98 Å². The van der Waals surface area contributed by atoms with Gasteiger partial charge in [0.25, 0.3) is 0 Å². The first-order valence-electron chi connectivity index (χ1n) is 4.44. The summed E-state index contributed by atoms with van der Waals surface area (Å²) in [5.74, 6) is 0.553. The predicted molar refractivity (Wildman–Crippen MR) is 61.3 cm³/mol. The van der Waals surface area contributed by atoms with Crippen LogP contribution in [0.4, 0.5) is 11.5 Å². The molecule has 1 aromatic heterocycles. The highest BCUT2D eigenvalue weighted by atomic mass is 32.1. The SMILES string of the molecule is N#Cc1ccc(Nc2ncsc2C#N)cc1. The highest BCUT2D eigenvalue weighted by Gasteiger charge is 2.04. The predicted octanol–water partition coefficient (Wildman–Crippen LogP) is 2.63. The molecular weight excluding hydrogens is 220 g/mol. The van der Waals surface area contributed by atoms with Crippen LogP contribution >= 0.6 is 11.3 Å². The minimum Gasteiger partial charge on any atom is -0.338 e. The summed E-state index contributed by atoms with van der Waals surface area (Å²) >= 11 is 1.29. The molecule has 0 fully saturated rings. The molecule has 0 aliphatic carbocycles. The average molecular weight is 226 g/mol. The molecule has 0 saturated carbocycles. The number of nitrogens with zero attached hydrogens (tertiary/aromatic N) is 3.